The van der Waals surface area contributed by atoms with Gasteiger partial charge in [0.2, 0.25) is 0 Å². The quantitative estimate of drug-likeness (QED) is 0.228. The minimum absolute atomic E-state index is 0.415. The molecule has 0 amide bonds. The van der Waals surface area contributed by atoms with E-state index in [1.807, 2.05) is 11.9 Å². The third-order valence-electron chi connectivity index (χ3n) is 10.1. The average molecular weight is 541 g/mol. The van der Waals surface area contributed by atoms with Gasteiger partial charge in [0.1, 0.15) is 0 Å². The van der Waals surface area contributed by atoms with Crippen LogP contribution in [0.3, 0.4) is 0 Å². The number of likely N-dealkylation sites (tertiary alicyclic amines) is 2. The molecule has 4 rings (SSSR count). The Balaban J connectivity index is 1.16. The topological polar surface area (TPSA) is 30.5 Å². The third kappa shape index (κ3) is 8.74. The fourth-order valence-corrected chi connectivity index (χ4v) is 9.07. The van der Waals surface area contributed by atoms with Gasteiger partial charge >= 0.3 is 0 Å². The summed E-state index contributed by atoms with van der Waals surface area (Å²) in [6.07, 6.45) is 15.0. The van der Waals surface area contributed by atoms with E-state index in [4.69, 9.17) is 11.6 Å². The minimum Gasteiger partial charge on any atom is -0.312 e. The molecule has 0 aromatic carbocycles. The van der Waals surface area contributed by atoms with Gasteiger partial charge in [-0.25, -0.2) is 0 Å². The van der Waals surface area contributed by atoms with E-state index in [2.05, 4.69) is 47.5 Å². The first-order valence-corrected chi connectivity index (χ1v) is 16.8. The van der Waals surface area contributed by atoms with E-state index < -0.39 is 0 Å². The molecule has 4 nitrogen and oxygen atoms in total. The molecule has 0 aromatic heterocycles. The Labute approximate surface area is 232 Å². The van der Waals surface area contributed by atoms with Crippen molar-refractivity contribution in [2.24, 2.45) is 29.1 Å². The van der Waals surface area contributed by atoms with Gasteiger partial charge in [-0.05, 0) is 100 Å². The van der Waals surface area contributed by atoms with E-state index in [0.717, 1.165) is 29.7 Å². The van der Waals surface area contributed by atoms with Gasteiger partial charge in [-0.15, -0.1) is 11.6 Å². The molecular formula is C30H57ClN4S. The largest absolute Gasteiger partial charge is 0.312 e. The second kappa shape index (κ2) is 14.2. The van der Waals surface area contributed by atoms with Gasteiger partial charge < -0.3 is 10.2 Å². The van der Waals surface area contributed by atoms with Gasteiger partial charge in [0.05, 0.1) is 6.67 Å². The lowest BCUT2D eigenvalue weighted by Crippen LogP contribution is -2.53. The fourth-order valence-electron chi connectivity index (χ4n) is 7.76. The minimum atomic E-state index is 0.415. The molecular weight excluding hydrogens is 484 g/mol. The van der Waals surface area contributed by atoms with Gasteiger partial charge in [-0.1, -0.05) is 58.9 Å². The number of alkyl halides is 1. The second-order valence-electron chi connectivity index (χ2n) is 13.8. The normalized spacial score (nSPS) is 33.8. The standard InChI is InChI=1S/C30H57ClN4S/c1-23(2)29(20-34-17-15-28(30(3,4)21-34)25-10-12-26(31)13-11-25)32-18-24-14-16-35(19-24)22-33-36-27-8-6-5-7-9-27/h23-29,32-33H,5-22H2,1-4H3/t24-,25?,26?,28+,29-/m0/s1. The molecule has 0 bridgehead atoms. The smallest absolute Gasteiger partial charge is 0.0577 e. The van der Waals surface area contributed by atoms with Crippen molar-refractivity contribution in [3.8, 4) is 0 Å². The second-order valence-corrected chi connectivity index (χ2v) is 15.6. The predicted octanol–water partition coefficient (Wildman–Crippen LogP) is 6.60. The van der Waals surface area contributed by atoms with Gasteiger partial charge in [0.25, 0.3) is 0 Å². The molecule has 0 spiro atoms. The summed E-state index contributed by atoms with van der Waals surface area (Å²) >= 11 is 8.43. The van der Waals surface area contributed by atoms with Gasteiger partial charge in [0, 0.05) is 36.3 Å². The lowest BCUT2D eigenvalue weighted by Gasteiger charge is -2.49. The highest BCUT2D eigenvalue weighted by molar-refractivity contribution is 7.98. The van der Waals surface area contributed by atoms with Crippen molar-refractivity contribution < 1.29 is 0 Å². The first-order valence-electron chi connectivity index (χ1n) is 15.5. The number of rotatable bonds is 11. The summed E-state index contributed by atoms with van der Waals surface area (Å²) in [4.78, 5) is 5.42. The number of piperidine rings is 1. The van der Waals surface area contributed by atoms with Gasteiger partial charge in [0.15, 0.2) is 0 Å². The maximum Gasteiger partial charge on any atom is 0.0577 e. The highest BCUT2D eigenvalue weighted by atomic mass is 35.5. The Hall–Kier alpha value is 0.480. The molecule has 36 heavy (non-hydrogen) atoms. The van der Waals surface area contributed by atoms with Crippen LogP contribution in [-0.4, -0.2) is 72.4 Å². The summed E-state index contributed by atoms with van der Waals surface area (Å²) in [6, 6.07) is 0.595. The van der Waals surface area contributed by atoms with Crippen molar-refractivity contribution in [3.63, 3.8) is 0 Å². The number of nitrogens with one attached hydrogen (secondary N) is 2. The lowest BCUT2D eigenvalue weighted by atomic mass is 9.64. The number of hydrogen-bond donors (Lipinski definition) is 2. The molecule has 2 aliphatic carbocycles. The molecule has 2 saturated heterocycles. The van der Waals surface area contributed by atoms with E-state index in [0.29, 0.717) is 22.8 Å². The molecule has 4 aliphatic rings. The summed E-state index contributed by atoms with van der Waals surface area (Å²) in [5, 5.41) is 5.32. The maximum atomic E-state index is 6.42. The van der Waals surface area contributed by atoms with Crippen LogP contribution in [0.5, 0.6) is 0 Å². The Bertz CT molecular complexity index is 632. The van der Waals surface area contributed by atoms with Crippen LogP contribution in [0.25, 0.3) is 0 Å². The highest BCUT2D eigenvalue weighted by Crippen LogP contribution is 2.45. The highest BCUT2D eigenvalue weighted by Gasteiger charge is 2.41. The summed E-state index contributed by atoms with van der Waals surface area (Å²) < 4.78 is 3.70. The molecule has 0 unspecified atom stereocenters. The molecule has 2 saturated carbocycles. The van der Waals surface area contributed by atoms with Crippen molar-refractivity contribution in [2.75, 3.05) is 45.9 Å². The summed E-state index contributed by atoms with van der Waals surface area (Å²) in [5.74, 6) is 3.25. The van der Waals surface area contributed by atoms with Gasteiger partial charge in [-0.2, -0.15) is 0 Å². The summed E-state index contributed by atoms with van der Waals surface area (Å²) in [5.41, 5.74) is 0.415. The number of hydrogen-bond acceptors (Lipinski definition) is 5. The molecule has 0 radical (unpaired) electrons. The first-order chi connectivity index (χ1) is 17.3. The van der Waals surface area contributed by atoms with Crippen LogP contribution < -0.4 is 10.0 Å². The van der Waals surface area contributed by atoms with E-state index in [1.165, 1.54) is 110 Å². The maximum absolute atomic E-state index is 6.42. The lowest BCUT2D eigenvalue weighted by molar-refractivity contribution is 0.00468. The molecule has 2 heterocycles. The average Bonchev–Trinajstić information content (AvgIpc) is 3.30. The van der Waals surface area contributed by atoms with Crippen LogP contribution in [0.15, 0.2) is 0 Å². The van der Waals surface area contributed by atoms with Crippen molar-refractivity contribution in [3.05, 3.63) is 0 Å². The molecule has 2 aliphatic heterocycles. The summed E-state index contributed by atoms with van der Waals surface area (Å²) in [6.45, 7) is 18.4. The summed E-state index contributed by atoms with van der Waals surface area (Å²) in [7, 11) is 0. The molecule has 4 fully saturated rings. The molecule has 3 atom stereocenters. The molecule has 0 aromatic rings. The molecule has 2 N–H and O–H groups in total. The molecule has 210 valence electrons. The SMILES string of the molecule is CC(C)[C@H](CN1CC[C@H](C2CCC(Cl)CC2)C(C)(C)C1)NC[C@@H]1CCN(CNSC2CCCCC2)C1. The predicted molar refractivity (Wildman–Crippen MR) is 159 cm³/mol. The third-order valence-corrected chi connectivity index (χ3v) is 11.6. The molecule has 6 heteroatoms. The van der Waals surface area contributed by atoms with Gasteiger partial charge in [-0.3, -0.25) is 9.62 Å². The van der Waals surface area contributed by atoms with Crippen LogP contribution in [0.4, 0.5) is 0 Å². The monoisotopic (exact) mass is 540 g/mol. The van der Waals surface area contributed by atoms with Crippen LogP contribution in [0, 0.1) is 29.1 Å². The van der Waals surface area contributed by atoms with E-state index >= 15 is 0 Å². The Morgan fingerprint density at radius 2 is 1.64 bits per heavy atom. The van der Waals surface area contributed by atoms with E-state index in [-0.39, 0.29) is 0 Å². The zero-order valence-corrected chi connectivity index (χ0v) is 25.5. The number of halogens is 1. The first kappa shape index (κ1) is 29.5. The Morgan fingerprint density at radius 3 is 2.33 bits per heavy atom. The van der Waals surface area contributed by atoms with Crippen molar-refractivity contribution in [2.45, 2.75) is 115 Å². The Morgan fingerprint density at radius 1 is 0.917 bits per heavy atom. The van der Waals surface area contributed by atoms with E-state index in [9.17, 15) is 0 Å². The van der Waals surface area contributed by atoms with Crippen LogP contribution in [0.2, 0.25) is 0 Å². The van der Waals surface area contributed by atoms with Crippen molar-refractivity contribution in [1.82, 2.24) is 19.8 Å². The van der Waals surface area contributed by atoms with Crippen LogP contribution in [0.1, 0.15) is 98.3 Å². The fraction of sp³-hybridized carbons (Fsp3) is 1.00. The zero-order chi connectivity index (χ0) is 25.5. The number of nitrogens with zero attached hydrogens (tertiary/aromatic N) is 2. The van der Waals surface area contributed by atoms with E-state index in [1.54, 1.807) is 0 Å². The van der Waals surface area contributed by atoms with Crippen LogP contribution in [-0.2, 0) is 0 Å². The Kier molecular flexibility index (Phi) is 11.6. The van der Waals surface area contributed by atoms with Crippen molar-refractivity contribution >= 4 is 23.5 Å². The van der Waals surface area contributed by atoms with Crippen molar-refractivity contribution in [1.29, 1.82) is 0 Å². The zero-order valence-electron chi connectivity index (χ0n) is 24.0. The van der Waals surface area contributed by atoms with Crippen LogP contribution >= 0.6 is 23.5 Å².